The number of hydrogen-bond acceptors (Lipinski definition) is 3. The summed E-state index contributed by atoms with van der Waals surface area (Å²) in [6.45, 7) is 9.79. The summed E-state index contributed by atoms with van der Waals surface area (Å²) < 4.78 is 7.03. The highest BCUT2D eigenvalue weighted by molar-refractivity contribution is 5.90. The smallest absolute Gasteiger partial charge is 0.337 e. The normalized spacial score (nSPS) is 11.6. The molecule has 5 nitrogen and oxygen atoms in total. The lowest BCUT2D eigenvalue weighted by Gasteiger charge is -2.27. The third kappa shape index (κ3) is 3.44. The second-order valence-corrected chi connectivity index (χ2v) is 5.21. The summed E-state index contributed by atoms with van der Waals surface area (Å²) in [5.74, 6) is -1.02. The average molecular weight is 267 g/mol. The van der Waals surface area contributed by atoms with Gasteiger partial charge in [-0.05, 0) is 40.2 Å². The van der Waals surface area contributed by atoms with Gasteiger partial charge in [-0.1, -0.05) is 0 Å². The Bertz CT molecular complexity index is 543. The first kappa shape index (κ1) is 15.4. The lowest BCUT2D eigenvalue weighted by Crippen LogP contribution is -2.37. The van der Waals surface area contributed by atoms with Crippen molar-refractivity contribution in [2.24, 2.45) is 0 Å². The summed E-state index contributed by atoms with van der Waals surface area (Å²) in [6.07, 6.45) is 0. The van der Waals surface area contributed by atoms with E-state index in [9.17, 15) is 14.7 Å². The second-order valence-electron chi connectivity index (χ2n) is 5.21. The van der Waals surface area contributed by atoms with Crippen molar-refractivity contribution >= 4 is 5.97 Å². The molecule has 0 aliphatic heterocycles. The first-order valence-electron chi connectivity index (χ1n) is 6.28. The summed E-state index contributed by atoms with van der Waals surface area (Å²) in [6, 6.07) is 1.36. The van der Waals surface area contributed by atoms with Crippen LogP contribution in [0, 0.1) is 13.8 Å². The third-order valence-corrected chi connectivity index (χ3v) is 3.05. The molecule has 5 heteroatoms. The van der Waals surface area contributed by atoms with Crippen molar-refractivity contribution in [1.29, 1.82) is 0 Å². The minimum atomic E-state index is -1.02. The van der Waals surface area contributed by atoms with Gasteiger partial charge in [0, 0.05) is 18.4 Å². The fraction of sp³-hybridized carbons (Fsp3) is 0.571. The van der Waals surface area contributed by atoms with E-state index in [4.69, 9.17) is 4.74 Å². The van der Waals surface area contributed by atoms with E-state index < -0.39 is 11.6 Å². The zero-order valence-corrected chi connectivity index (χ0v) is 12.1. The molecular weight excluding hydrogens is 246 g/mol. The minimum Gasteiger partial charge on any atom is -0.478 e. The number of aromatic nitrogens is 1. The van der Waals surface area contributed by atoms with E-state index in [-0.39, 0.29) is 11.1 Å². The van der Waals surface area contributed by atoms with Crippen LogP contribution in [0.15, 0.2) is 10.9 Å². The Kier molecular flexibility index (Phi) is 4.52. The van der Waals surface area contributed by atoms with Crippen LogP contribution in [0.25, 0.3) is 0 Å². The van der Waals surface area contributed by atoms with Gasteiger partial charge in [-0.3, -0.25) is 4.79 Å². The molecule has 0 spiro atoms. The Morgan fingerprint density at radius 1 is 1.42 bits per heavy atom. The molecule has 0 saturated heterocycles. The molecule has 106 valence electrons. The van der Waals surface area contributed by atoms with Gasteiger partial charge in [0.15, 0.2) is 0 Å². The summed E-state index contributed by atoms with van der Waals surface area (Å²) in [7, 11) is 0. The van der Waals surface area contributed by atoms with Crippen molar-refractivity contribution in [3.8, 4) is 0 Å². The minimum absolute atomic E-state index is 0.187. The Morgan fingerprint density at radius 3 is 2.47 bits per heavy atom. The van der Waals surface area contributed by atoms with Crippen molar-refractivity contribution in [2.45, 2.75) is 46.8 Å². The molecule has 1 aromatic heterocycles. The maximum Gasteiger partial charge on any atom is 0.337 e. The Morgan fingerprint density at radius 2 is 2.00 bits per heavy atom. The molecule has 1 heterocycles. The van der Waals surface area contributed by atoms with Crippen LogP contribution in [0.1, 0.15) is 42.4 Å². The molecule has 0 aliphatic rings. The van der Waals surface area contributed by atoms with Gasteiger partial charge in [0.25, 0.3) is 5.56 Å². The molecule has 0 radical (unpaired) electrons. The van der Waals surface area contributed by atoms with Crippen LogP contribution in [-0.2, 0) is 11.3 Å². The lowest BCUT2D eigenvalue weighted by atomic mass is 10.1. The second kappa shape index (κ2) is 5.57. The third-order valence-electron chi connectivity index (χ3n) is 3.05. The van der Waals surface area contributed by atoms with Crippen molar-refractivity contribution in [3.05, 3.63) is 33.2 Å². The van der Waals surface area contributed by atoms with E-state index in [1.165, 1.54) is 10.6 Å². The molecule has 0 aromatic carbocycles. The van der Waals surface area contributed by atoms with Crippen LogP contribution in [0.2, 0.25) is 0 Å². The van der Waals surface area contributed by atoms with Gasteiger partial charge in [-0.25, -0.2) is 4.79 Å². The standard InChI is InChI=1S/C14H21NO4/c1-6-19-14(4,5)8-15-10(3)12(13(17)18)9(2)7-11(15)16/h7H,6,8H2,1-5H3,(H,17,18). The number of carbonyl (C=O) groups is 1. The quantitative estimate of drug-likeness (QED) is 0.885. The molecule has 0 aliphatic carbocycles. The van der Waals surface area contributed by atoms with E-state index >= 15 is 0 Å². The number of pyridine rings is 1. The Labute approximate surface area is 112 Å². The maximum atomic E-state index is 12.0. The lowest BCUT2D eigenvalue weighted by molar-refractivity contribution is -0.0235. The molecule has 0 fully saturated rings. The van der Waals surface area contributed by atoms with Gasteiger partial charge < -0.3 is 14.4 Å². The summed E-state index contributed by atoms with van der Waals surface area (Å²) in [5, 5.41) is 9.22. The van der Waals surface area contributed by atoms with Crippen LogP contribution in [-0.4, -0.2) is 27.9 Å². The number of nitrogens with zero attached hydrogens (tertiary/aromatic N) is 1. The maximum absolute atomic E-state index is 12.0. The average Bonchev–Trinajstić information content (AvgIpc) is 2.23. The molecule has 0 bridgehead atoms. The predicted molar refractivity (Wildman–Crippen MR) is 72.8 cm³/mol. The number of aromatic carboxylic acids is 1. The van der Waals surface area contributed by atoms with Crippen molar-refractivity contribution in [1.82, 2.24) is 4.57 Å². The van der Waals surface area contributed by atoms with Gasteiger partial charge >= 0.3 is 5.97 Å². The zero-order chi connectivity index (χ0) is 14.8. The number of aryl methyl sites for hydroxylation is 1. The van der Waals surface area contributed by atoms with Crippen LogP contribution in [0.5, 0.6) is 0 Å². The summed E-state index contributed by atoms with van der Waals surface area (Å²) >= 11 is 0. The van der Waals surface area contributed by atoms with E-state index in [2.05, 4.69) is 0 Å². The predicted octanol–water partition coefficient (Wildman–Crippen LogP) is 1.98. The van der Waals surface area contributed by atoms with Crippen molar-refractivity contribution < 1.29 is 14.6 Å². The van der Waals surface area contributed by atoms with Crippen LogP contribution >= 0.6 is 0 Å². The fourth-order valence-corrected chi connectivity index (χ4v) is 2.26. The van der Waals surface area contributed by atoms with Crippen molar-refractivity contribution in [2.75, 3.05) is 6.61 Å². The summed E-state index contributed by atoms with van der Waals surface area (Å²) in [5.41, 5.74) is 0.416. The van der Waals surface area contributed by atoms with E-state index in [1.807, 2.05) is 20.8 Å². The number of hydrogen-bond donors (Lipinski definition) is 1. The highest BCUT2D eigenvalue weighted by Gasteiger charge is 2.23. The number of carboxylic acids is 1. The largest absolute Gasteiger partial charge is 0.478 e. The van der Waals surface area contributed by atoms with Gasteiger partial charge in [0.1, 0.15) is 0 Å². The molecule has 19 heavy (non-hydrogen) atoms. The topological polar surface area (TPSA) is 68.5 Å². The van der Waals surface area contributed by atoms with Crippen LogP contribution in [0.3, 0.4) is 0 Å². The number of rotatable bonds is 5. The highest BCUT2D eigenvalue weighted by Crippen LogP contribution is 2.16. The molecule has 0 saturated carbocycles. The molecule has 1 aromatic rings. The SMILES string of the molecule is CCOC(C)(C)Cn1c(C)c(C(=O)O)c(C)cc1=O. The molecular formula is C14H21NO4. The highest BCUT2D eigenvalue weighted by atomic mass is 16.5. The first-order valence-corrected chi connectivity index (χ1v) is 6.28. The van der Waals surface area contributed by atoms with Gasteiger partial charge in [-0.2, -0.15) is 0 Å². The molecule has 1 N–H and O–H groups in total. The van der Waals surface area contributed by atoms with E-state index in [0.29, 0.717) is 24.4 Å². The van der Waals surface area contributed by atoms with Crippen molar-refractivity contribution in [3.63, 3.8) is 0 Å². The van der Waals surface area contributed by atoms with Gasteiger partial charge in [0.05, 0.1) is 17.7 Å². The zero-order valence-electron chi connectivity index (χ0n) is 12.1. The Hall–Kier alpha value is -1.62. The van der Waals surface area contributed by atoms with Gasteiger partial charge in [0.2, 0.25) is 0 Å². The Balaban J connectivity index is 3.33. The molecule has 0 unspecified atom stereocenters. The van der Waals surface area contributed by atoms with Crippen LogP contribution < -0.4 is 5.56 Å². The van der Waals surface area contributed by atoms with E-state index in [1.54, 1.807) is 13.8 Å². The monoisotopic (exact) mass is 267 g/mol. The summed E-state index contributed by atoms with van der Waals surface area (Å²) in [4.78, 5) is 23.3. The fourth-order valence-electron chi connectivity index (χ4n) is 2.26. The van der Waals surface area contributed by atoms with E-state index in [0.717, 1.165) is 0 Å². The van der Waals surface area contributed by atoms with Gasteiger partial charge in [-0.15, -0.1) is 0 Å². The molecule has 0 amide bonds. The number of carboxylic acid groups (broad SMARTS) is 1. The van der Waals surface area contributed by atoms with Crippen LogP contribution in [0.4, 0.5) is 0 Å². The first-order chi connectivity index (χ1) is 8.69. The number of ether oxygens (including phenoxy) is 1. The molecule has 1 rings (SSSR count). The molecule has 0 atom stereocenters.